The number of anilines is 3. The zero-order valence-electron chi connectivity index (χ0n) is 29.4. The third-order valence-electron chi connectivity index (χ3n) is 8.16. The molecule has 6 rings (SSSR count). The van der Waals surface area contributed by atoms with Gasteiger partial charge in [-0.1, -0.05) is 64.0 Å². The second-order valence-electron chi connectivity index (χ2n) is 12.2. The molecule has 0 spiro atoms. The van der Waals surface area contributed by atoms with E-state index in [1.807, 2.05) is 75.4 Å². The lowest BCUT2D eigenvalue weighted by Crippen LogP contribution is -2.14. The molecule has 0 fully saturated rings. The first kappa shape index (κ1) is 39.3. The quantitative estimate of drug-likeness (QED) is 0.0969. The number of carboxylic acid groups (broad SMARTS) is 2. The Kier molecular flexibility index (Phi) is 12.6. The second-order valence-corrected chi connectivity index (χ2v) is 14.8. The number of aryl methyl sites for hydroxylation is 3. The van der Waals surface area contributed by atoms with E-state index in [2.05, 4.69) is 31.9 Å². The fourth-order valence-electron chi connectivity index (χ4n) is 5.24. The number of nitrogens with one attached hydrogen (secondary N) is 3. The molecule has 0 unspecified atom stereocenters. The molecule has 6 aromatic rings. The van der Waals surface area contributed by atoms with Crippen molar-refractivity contribution in [2.75, 3.05) is 16.0 Å². The van der Waals surface area contributed by atoms with Crippen LogP contribution in [0, 0.1) is 20.8 Å². The molecule has 0 saturated carbocycles. The van der Waals surface area contributed by atoms with E-state index in [1.165, 1.54) is 29.6 Å². The van der Waals surface area contributed by atoms with Gasteiger partial charge in [-0.05, 0) is 91.6 Å². The lowest BCUT2D eigenvalue weighted by atomic mass is 10.0. The predicted octanol–water partition coefficient (Wildman–Crippen LogP) is 10.4. The summed E-state index contributed by atoms with van der Waals surface area (Å²) in [6, 6.07) is 26.6. The van der Waals surface area contributed by atoms with Gasteiger partial charge in [0, 0.05) is 39.0 Å². The number of carbonyl (C=O) groups excluding carboxylic acids is 3. The van der Waals surface area contributed by atoms with E-state index in [0.717, 1.165) is 32.3 Å². The van der Waals surface area contributed by atoms with Gasteiger partial charge in [0.2, 0.25) is 5.91 Å². The Morgan fingerprint density at radius 1 is 0.574 bits per heavy atom. The largest absolute Gasteiger partial charge is 0.478 e. The molecule has 0 aliphatic carbocycles. The number of carbonyl (C=O) groups is 5. The van der Waals surface area contributed by atoms with Gasteiger partial charge in [-0.25, -0.2) is 9.59 Å². The molecule has 4 aromatic carbocycles. The first-order valence-electron chi connectivity index (χ1n) is 16.3. The van der Waals surface area contributed by atoms with E-state index in [4.69, 9.17) is 0 Å². The number of thiophene rings is 2. The smallest absolute Gasteiger partial charge is 0.339 e. The summed E-state index contributed by atoms with van der Waals surface area (Å²) >= 11 is 5.92. The Morgan fingerprint density at radius 3 is 1.50 bits per heavy atom. The normalized spacial score (nSPS) is 10.5. The average molecular weight is 825 g/mol. The van der Waals surface area contributed by atoms with E-state index >= 15 is 0 Å². The molecule has 3 amide bonds. The van der Waals surface area contributed by atoms with Gasteiger partial charge in [0.1, 0.15) is 11.1 Å². The van der Waals surface area contributed by atoms with Crippen LogP contribution < -0.4 is 16.0 Å². The van der Waals surface area contributed by atoms with Crippen molar-refractivity contribution in [3.05, 3.63) is 145 Å². The lowest BCUT2D eigenvalue weighted by molar-refractivity contribution is -0.114. The molecule has 13 heteroatoms. The number of hydrogen-bond acceptors (Lipinski definition) is 7. The van der Waals surface area contributed by atoms with Gasteiger partial charge in [-0.2, -0.15) is 0 Å². The summed E-state index contributed by atoms with van der Waals surface area (Å²) in [7, 11) is 0. The SMILES string of the molecule is CC(=O)Nc1ccc(C(=O)Nc2csc(-c3ccc(Br)cc3)c2C(=O)O)cc1.Cc1ccc(C(=O)Nc2csc(-c3ccc(C)c(C)c3)c2C(=O)O)cc1. The molecule has 0 atom stereocenters. The van der Waals surface area contributed by atoms with Crippen LogP contribution in [0.2, 0.25) is 0 Å². The second kappa shape index (κ2) is 17.3. The number of aromatic carboxylic acids is 2. The molecule has 54 heavy (non-hydrogen) atoms. The van der Waals surface area contributed by atoms with Crippen molar-refractivity contribution in [2.45, 2.75) is 27.7 Å². The van der Waals surface area contributed by atoms with Crippen LogP contribution in [0.4, 0.5) is 17.1 Å². The highest BCUT2D eigenvalue weighted by molar-refractivity contribution is 9.10. The summed E-state index contributed by atoms with van der Waals surface area (Å²) < 4.78 is 0.890. The van der Waals surface area contributed by atoms with E-state index in [9.17, 15) is 34.2 Å². The lowest BCUT2D eigenvalue weighted by Gasteiger charge is -2.08. The third kappa shape index (κ3) is 9.55. The Bertz CT molecular complexity index is 2370. The highest BCUT2D eigenvalue weighted by atomic mass is 79.9. The molecule has 5 N–H and O–H groups in total. The first-order chi connectivity index (χ1) is 25.7. The molecule has 2 aromatic heterocycles. The molecule has 2 heterocycles. The van der Waals surface area contributed by atoms with Crippen molar-refractivity contribution >= 4 is 85.3 Å². The van der Waals surface area contributed by atoms with Crippen LogP contribution in [-0.2, 0) is 4.79 Å². The number of amides is 3. The number of halogens is 1. The molecule has 0 saturated heterocycles. The van der Waals surface area contributed by atoms with Gasteiger partial charge >= 0.3 is 11.9 Å². The number of carboxylic acids is 2. The predicted molar refractivity (Wildman–Crippen MR) is 218 cm³/mol. The maximum absolute atomic E-state index is 12.5. The van der Waals surface area contributed by atoms with Crippen molar-refractivity contribution in [2.24, 2.45) is 0 Å². The van der Waals surface area contributed by atoms with Crippen molar-refractivity contribution in [1.29, 1.82) is 0 Å². The summed E-state index contributed by atoms with van der Waals surface area (Å²) in [4.78, 5) is 60.9. The molecule has 0 radical (unpaired) electrons. The number of hydrogen-bond donors (Lipinski definition) is 5. The first-order valence-corrected chi connectivity index (χ1v) is 18.9. The summed E-state index contributed by atoms with van der Waals surface area (Å²) in [5.74, 6) is -3.13. The van der Waals surface area contributed by atoms with Crippen LogP contribution in [0.3, 0.4) is 0 Å². The Hall–Kier alpha value is -5.89. The topological polar surface area (TPSA) is 162 Å². The molecule has 10 nitrogen and oxygen atoms in total. The zero-order valence-corrected chi connectivity index (χ0v) is 32.7. The van der Waals surface area contributed by atoms with Crippen LogP contribution in [0.15, 0.2) is 106 Å². The summed E-state index contributed by atoms with van der Waals surface area (Å²) in [5, 5.41) is 30.7. The third-order valence-corrected chi connectivity index (χ3v) is 10.7. The summed E-state index contributed by atoms with van der Waals surface area (Å²) in [5.41, 5.74) is 7.04. The maximum atomic E-state index is 12.5. The fourth-order valence-corrected chi connectivity index (χ4v) is 7.49. The highest BCUT2D eigenvalue weighted by Gasteiger charge is 2.23. The highest BCUT2D eigenvalue weighted by Crippen LogP contribution is 2.38. The monoisotopic (exact) mass is 823 g/mol. The molecular formula is C41H34BrN3O7S2. The van der Waals surface area contributed by atoms with E-state index in [0.29, 0.717) is 32.3 Å². The van der Waals surface area contributed by atoms with Crippen molar-refractivity contribution in [1.82, 2.24) is 0 Å². The minimum atomic E-state index is -1.12. The van der Waals surface area contributed by atoms with Crippen molar-refractivity contribution in [3.8, 4) is 20.9 Å². The minimum absolute atomic E-state index is 0.0514. The summed E-state index contributed by atoms with van der Waals surface area (Å²) in [6.07, 6.45) is 0. The summed E-state index contributed by atoms with van der Waals surface area (Å²) in [6.45, 7) is 7.35. The van der Waals surface area contributed by atoms with Gasteiger partial charge in [0.05, 0.1) is 21.1 Å². The standard InChI is InChI=1S/C21H19NO3S.C20H15BrN2O4S/c1-12-4-7-15(8-5-12)20(23)22-17-11-26-19(18(17)21(24)25)16-9-6-13(2)14(3)10-16;1-11(24)22-15-8-4-13(5-9-15)19(25)23-16-10-28-18(17(16)20(26)27)12-2-6-14(21)7-3-12/h4-11H,1-3H3,(H,22,23)(H,24,25);2-10H,1H3,(H,22,24)(H,23,25)(H,26,27). The van der Waals surface area contributed by atoms with Gasteiger partial charge in [-0.3, -0.25) is 14.4 Å². The molecule has 0 bridgehead atoms. The Balaban J connectivity index is 0.000000208. The van der Waals surface area contributed by atoms with Gasteiger partial charge in [0.25, 0.3) is 11.8 Å². The maximum Gasteiger partial charge on any atom is 0.339 e. The van der Waals surface area contributed by atoms with Crippen molar-refractivity contribution in [3.63, 3.8) is 0 Å². The Morgan fingerprint density at radius 2 is 1.04 bits per heavy atom. The van der Waals surface area contributed by atoms with Crippen LogP contribution >= 0.6 is 38.6 Å². The average Bonchev–Trinajstić information content (AvgIpc) is 3.75. The molecule has 0 aliphatic rings. The van der Waals surface area contributed by atoms with Gasteiger partial charge in [-0.15, -0.1) is 22.7 Å². The van der Waals surface area contributed by atoms with E-state index in [-0.39, 0.29) is 28.6 Å². The van der Waals surface area contributed by atoms with Crippen LogP contribution in [-0.4, -0.2) is 39.9 Å². The zero-order chi connectivity index (χ0) is 39.1. The van der Waals surface area contributed by atoms with Gasteiger partial charge in [0.15, 0.2) is 0 Å². The fraction of sp³-hybridized carbons (Fsp3) is 0.0976. The molecule has 0 aliphatic heterocycles. The van der Waals surface area contributed by atoms with E-state index < -0.39 is 17.8 Å². The molecular weight excluding hydrogens is 791 g/mol. The Labute approximate surface area is 327 Å². The van der Waals surface area contributed by atoms with Crippen LogP contribution in [0.5, 0.6) is 0 Å². The molecule has 274 valence electrons. The minimum Gasteiger partial charge on any atom is -0.478 e. The van der Waals surface area contributed by atoms with Crippen LogP contribution in [0.1, 0.15) is 65.0 Å². The van der Waals surface area contributed by atoms with Crippen molar-refractivity contribution < 1.29 is 34.2 Å². The van der Waals surface area contributed by atoms with Gasteiger partial charge < -0.3 is 26.2 Å². The van der Waals surface area contributed by atoms with E-state index in [1.54, 1.807) is 47.2 Å². The number of benzene rings is 4. The van der Waals surface area contributed by atoms with Crippen LogP contribution in [0.25, 0.3) is 20.9 Å². The number of rotatable bonds is 9.